The average Bonchev–Trinajstić information content (AvgIpc) is 2.53. The van der Waals surface area contributed by atoms with Crippen LogP contribution in [0, 0.1) is 5.92 Å². The highest BCUT2D eigenvalue weighted by Gasteiger charge is 2.51. The van der Waals surface area contributed by atoms with E-state index in [-0.39, 0.29) is 11.2 Å². The third-order valence-electron chi connectivity index (χ3n) is 4.48. The molecule has 0 saturated carbocycles. The molecule has 21 heavy (non-hydrogen) atoms. The number of nitrogen functional groups attached to an aromatic ring is 2. The first-order chi connectivity index (χ1) is 9.53. The molecule has 116 valence electrons. The Morgan fingerprint density at radius 1 is 1.00 bits per heavy atom. The third kappa shape index (κ3) is 3.04. The standard InChI is InChI=1S/C16H27BN2O2/c1-10(2)7-12-13(18)8-11(9-14(12)19)17-20-15(3,4)16(5,6)21-17/h8-10H,7,18-19H2,1-6H3. The second-order valence-electron chi connectivity index (χ2n) is 7.36. The van der Waals surface area contributed by atoms with Gasteiger partial charge in [0.1, 0.15) is 0 Å². The summed E-state index contributed by atoms with van der Waals surface area (Å²) < 4.78 is 12.1. The van der Waals surface area contributed by atoms with Gasteiger partial charge in [-0.25, -0.2) is 0 Å². The zero-order chi connectivity index (χ0) is 16.0. The summed E-state index contributed by atoms with van der Waals surface area (Å²) in [5, 5.41) is 0. The number of benzene rings is 1. The first kappa shape index (κ1) is 16.2. The SMILES string of the molecule is CC(C)Cc1c(N)cc(B2OC(C)(C)C(C)(C)O2)cc1N. The van der Waals surface area contributed by atoms with Gasteiger partial charge in [0, 0.05) is 11.4 Å². The van der Waals surface area contributed by atoms with Gasteiger partial charge in [0.2, 0.25) is 0 Å². The van der Waals surface area contributed by atoms with Gasteiger partial charge < -0.3 is 20.8 Å². The van der Waals surface area contributed by atoms with Crippen molar-refractivity contribution in [3.05, 3.63) is 17.7 Å². The normalized spacial score (nSPS) is 20.2. The van der Waals surface area contributed by atoms with E-state index in [2.05, 4.69) is 13.8 Å². The van der Waals surface area contributed by atoms with Crippen molar-refractivity contribution in [1.29, 1.82) is 0 Å². The van der Waals surface area contributed by atoms with Crippen molar-refractivity contribution in [1.82, 2.24) is 0 Å². The first-order valence-corrected chi connectivity index (χ1v) is 7.57. The molecule has 4 nitrogen and oxygen atoms in total. The van der Waals surface area contributed by atoms with E-state index in [1.807, 2.05) is 39.8 Å². The molecule has 1 aromatic rings. The molecule has 0 aliphatic carbocycles. The van der Waals surface area contributed by atoms with E-state index in [0.29, 0.717) is 17.3 Å². The smallest absolute Gasteiger partial charge is 0.399 e. The molecule has 1 saturated heterocycles. The summed E-state index contributed by atoms with van der Waals surface area (Å²) in [6.07, 6.45) is 0.876. The minimum Gasteiger partial charge on any atom is -0.399 e. The van der Waals surface area contributed by atoms with Crippen LogP contribution in [0.2, 0.25) is 0 Å². The van der Waals surface area contributed by atoms with Gasteiger partial charge in [0.15, 0.2) is 0 Å². The summed E-state index contributed by atoms with van der Waals surface area (Å²) in [5.41, 5.74) is 15.0. The molecule has 0 atom stereocenters. The minimum atomic E-state index is -0.423. The molecular formula is C16H27BN2O2. The van der Waals surface area contributed by atoms with E-state index in [9.17, 15) is 0 Å². The molecule has 0 aromatic heterocycles. The fourth-order valence-corrected chi connectivity index (χ4v) is 2.50. The summed E-state index contributed by atoms with van der Waals surface area (Å²) in [6.45, 7) is 12.4. The molecule has 5 heteroatoms. The molecule has 0 radical (unpaired) electrons. The Bertz CT molecular complexity index is 502. The predicted octanol–water partition coefficient (Wildman–Crippen LogP) is 2.35. The lowest BCUT2D eigenvalue weighted by Crippen LogP contribution is -2.41. The van der Waals surface area contributed by atoms with Crippen molar-refractivity contribution in [2.24, 2.45) is 5.92 Å². The van der Waals surface area contributed by atoms with Crippen LogP contribution in [0.15, 0.2) is 12.1 Å². The van der Waals surface area contributed by atoms with E-state index in [1.165, 1.54) is 0 Å². The lowest BCUT2D eigenvalue weighted by molar-refractivity contribution is 0.00578. The van der Waals surface area contributed by atoms with E-state index in [0.717, 1.165) is 17.4 Å². The average molecular weight is 290 g/mol. The molecule has 1 fully saturated rings. The van der Waals surface area contributed by atoms with E-state index in [1.54, 1.807) is 0 Å². The van der Waals surface area contributed by atoms with Gasteiger partial charge in [-0.2, -0.15) is 0 Å². The van der Waals surface area contributed by atoms with Gasteiger partial charge in [0.25, 0.3) is 0 Å². The topological polar surface area (TPSA) is 70.5 Å². The van der Waals surface area contributed by atoms with Gasteiger partial charge in [-0.3, -0.25) is 0 Å². The van der Waals surface area contributed by atoms with Crippen molar-refractivity contribution in [3.8, 4) is 0 Å². The van der Waals surface area contributed by atoms with Crippen LogP contribution in [-0.2, 0) is 15.7 Å². The van der Waals surface area contributed by atoms with Crippen LogP contribution in [-0.4, -0.2) is 18.3 Å². The van der Waals surface area contributed by atoms with E-state index < -0.39 is 7.12 Å². The van der Waals surface area contributed by atoms with Gasteiger partial charge in [0.05, 0.1) is 11.2 Å². The molecule has 4 N–H and O–H groups in total. The Balaban J connectivity index is 2.31. The summed E-state index contributed by atoms with van der Waals surface area (Å²) in [4.78, 5) is 0. The van der Waals surface area contributed by atoms with Crippen molar-refractivity contribution in [2.75, 3.05) is 11.5 Å². The molecule has 1 aliphatic rings. The maximum Gasteiger partial charge on any atom is 0.494 e. The number of anilines is 2. The van der Waals surface area contributed by atoms with Crippen LogP contribution in [0.4, 0.5) is 11.4 Å². The van der Waals surface area contributed by atoms with Crippen LogP contribution < -0.4 is 16.9 Å². The fourth-order valence-electron chi connectivity index (χ4n) is 2.50. The number of hydrogen-bond acceptors (Lipinski definition) is 4. The second-order valence-corrected chi connectivity index (χ2v) is 7.36. The van der Waals surface area contributed by atoms with Crippen LogP contribution in [0.25, 0.3) is 0 Å². The fraction of sp³-hybridized carbons (Fsp3) is 0.625. The molecule has 2 rings (SSSR count). The Kier molecular flexibility index (Phi) is 4.02. The maximum absolute atomic E-state index is 6.18. The second kappa shape index (κ2) is 5.22. The van der Waals surface area contributed by atoms with Crippen LogP contribution in [0.1, 0.15) is 47.1 Å². The van der Waals surface area contributed by atoms with Crippen molar-refractivity contribution >= 4 is 24.0 Å². The zero-order valence-electron chi connectivity index (χ0n) is 14.0. The van der Waals surface area contributed by atoms with Gasteiger partial charge in [-0.05, 0) is 63.2 Å². The Hall–Kier alpha value is -1.20. The Morgan fingerprint density at radius 2 is 1.43 bits per heavy atom. The van der Waals surface area contributed by atoms with E-state index >= 15 is 0 Å². The molecular weight excluding hydrogens is 263 g/mol. The lowest BCUT2D eigenvalue weighted by atomic mass is 9.77. The molecule has 0 unspecified atom stereocenters. The van der Waals surface area contributed by atoms with E-state index in [4.69, 9.17) is 20.8 Å². The van der Waals surface area contributed by atoms with Gasteiger partial charge in [-0.1, -0.05) is 13.8 Å². The molecule has 1 aromatic carbocycles. The highest BCUT2D eigenvalue weighted by molar-refractivity contribution is 6.62. The zero-order valence-corrected chi connectivity index (χ0v) is 14.0. The van der Waals surface area contributed by atoms with Crippen molar-refractivity contribution < 1.29 is 9.31 Å². The van der Waals surface area contributed by atoms with Crippen molar-refractivity contribution in [3.63, 3.8) is 0 Å². The molecule has 0 amide bonds. The predicted molar refractivity (Wildman–Crippen MR) is 89.5 cm³/mol. The van der Waals surface area contributed by atoms with Gasteiger partial charge in [-0.15, -0.1) is 0 Å². The minimum absolute atomic E-state index is 0.363. The monoisotopic (exact) mass is 290 g/mol. The molecule has 1 aliphatic heterocycles. The first-order valence-electron chi connectivity index (χ1n) is 7.57. The molecule has 0 bridgehead atoms. The quantitative estimate of drug-likeness (QED) is 0.662. The largest absolute Gasteiger partial charge is 0.494 e. The number of nitrogens with two attached hydrogens (primary N) is 2. The number of rotatable bonds is 3. The highest BCUT2D eigenvalue weighted by atomic mass is 16.7. The highest BCUT2D eigenvalue weighted by Crippen LogP contribution is 2.37. The Morgan fingerprint density at radius 3 is 1.81 bits per heavy atom. The lowest BCUT2D eigenvalue weighted by Gasteiger charge is -2.32. The van der Waals surface area contributed by atoms with Crippen LogP contribution in [0.5, 0.6) is 0 Å². The summed E-state index contributed by atoms with van der Waals surface area (Å²) in [7, 11) is -0.423. The van der Waals surface area contributed by atoms with Crippen LogP contribution in [0.3, 0.4) is 0 Å². The third-order valence-corrected chi connectivity index (χ3v) is 4.48. The Labute approximate surface area is 128 Å². The summed E-state index contributed by atoms with van der Waals surface area (Å²) in [5.74, 6) is 0.511. The summed E-state index contributed by atoms with van der Waals surface area (Å²) >= 11 is 0. The van der Waals surface area contributed by atoms with Gasteiger partial charge >= 0.3 is 7.12 Å². The number of hydrogen-bond donors (Lipinski definition) is 2. The van der Waals surface area contributed by atoms with Crippen molar-refractivity contribution in [2.45, 2.75) is 59.2 Å². The molecule has 0 spiro atoms. The molecule has 1 heterocycles. The van der Waals surface area contributed by atoms with Crippen LogP contribution >= 0.6 is 0 Å². The maximum atomic E-state index is 6.18. The summed E-state index contributed by atoms with van der Waals surface area (Å²) in [6, 6.07) is 3.85.